The van der Waals surface area contributed by atoms with Crippen molar-refractivity contribution in [2.24, 2.45) is 11.3 Å². The summed E-state index contributed by atoms with van der Waals surface area (Å²) in [6, 6.07) is 7.49. The third-order valence-electron chi connectivity index (χ3n) is 5.62. The molecule has 2 N–H and O–H groups in total. The Hall–Kier alpha value is -2.41. The van der Waals surface area contributed by atoms with Crippen molar-refractivity contribution in [1.82, 2.24) is 15.5 Å². The average molecular weight is 416 g/mol. The molecule has 1 saturated carbocycles. The number of nitrogens with zero attached hydrogens (tertiary/aromatic N) is 2. The Labute approximate surface area is 178 Å². The van der Waals surface area contributed by atoms with Gasteiger partial charge >= 0.3 is 0 Å². The molecule has 7 nitrogen and oxygen atoms in total. The van der Waals surface area contributed by atoms with Gasteiger partial charge in [0.2, 0.25) is 17.6 Å². The van der Waals surface area contributed by atoms with Gasteiger partial charge in [-0.3, -0.25) is 4.79 Å². The number of carbonyl (C=O) groups is 1. The van der Waals surface area contributed by atoms with Crippen LogP contribution in [0.4, 0.5) is 0 Å². The molecule has 1 aliphatic rings. The van der Waals surface area contributed by atoms with Gasteiger partial charge in [-0.1, -0.05) is 25.9 Å². The molecular weight excluding hydrogens is 382 g/mol. The molecule has 0 radical (unpaired) electrons. The van der Waals surface area contributed by atoms with Crippen molar-refractivity contribution >= 4 is 5.91 Å². The summed E-state index contributed by atoms with van der Waals surface area (Å²) < 4.78 is 10.8. The number of aryl methyl sites for hydroxylation is 1. The van der Waals surface area contributed by atoms with E-state index in [1.165, 1.54) is 0 Å². The van der Waals surface area contributed by atoms with Crippen LogP contribution in [0.2, 0.25) is 0 Å². The highest BCUT2D eigenvalue weighted by Gasteiger charge is 2.43. The lowest BCUT2D eigenvalue weighted by Crippen LogP contribution is -2.57. The van der Waals surface area contributed by atoms with Crippen LogP contribution in [0, 0.1) is 11.3 Å². The maximum absolute atomic E-state index is 12.6. The summed E-state index contributed by atoms with van der Waals surface area (Å²) in [7, 11) is 0. The van der Waals surface area contributed by atoms with Gasteiger partial charge in [-0.05, 0) is 61.8 Å². The van der Waals surface area contributed by atoms with Crippen LogP contribution in [0.25, 0.3) is 11.4 Å². The molecule has 2 atom stereocenters. The van der Waals surface area contributed by atoms with Crippen molar-refractivity contribution in [3.63, 3.8) is 0 Å². The minimum Gasteiger partial charge on any atom is -0.494 e. The summed E-state index contributed by atoms with van der Waals surface area (Å²) in [5.74, 6) is 2.05. The first kappa shape index (κ1) is 22.3. The van der Waals surface area contributed by atoms with Crippen molar-refractivity contribution < 1.29 is 19.2 Å². The Balaban J connectivity index is 1.57. The second-order valence-electron chi connectivity index (χ2n) is 9.31. The van der Waals surface area contributed by atoms with Crippen LogP contribution in [0.15, 0.2) is 28.8 Å². The van der Waals surface area contributed by atoms with Crippen LogP contribution < -0.4 is 10.1 Å². The predicted octanol–water partition coefficient (Wildman–Crippen LogP) is 3.76. The Kier molecular flexibility index (Phi) is 6.81. The number of aromatic nitrogens is 2. The third kappa shape index (κ3) is 5.59. The number of hydrogen-bond donors (Lipinski definition) is 2. The quantitative estimate of drug-likeness (QED) is 0.681. The van der Waals surface area contributed by atoms with Gasteiger partial charge in [0.25, 0.3) is 0 Å². The number of aliphatic hydroxyl groups is 1. The molecule has 1 heterocycles. The van der Waals surface area contributed by atoms with E-state index in [9.17, 15) is 9.90 Å². The molecule has 1 aromatic heterocycles. The second-order valence-corrected chi connectivity index (χ2v) is 9.31. The van der Waals surface area contributed by atoms with Crippen LogP contribution in [0.3, 0.4) is 0 Å². The zero-order valence-electron chi connectivity index (χ0n) is 18.4. The molecule has 0 saturated heterocycles. The molecule has 30 heavy (non-hydrogen) atoms. The van der Waals surface area contributed by atoms with Crippen molar-refractivity contribution in [3.05, 3.63) is 30.2 Å². The van der Waals surface area contributed by atoms with E-state index in [0.29, 0.717) is 30.7 Å². The van der Waals surface area contributed by atoms with Crippen LogP contribution >= 0.6 is 0 Å². The highest BCUT2D eigenvalue weighted by molar-refractivity contribution is 5.77. The van der Waals surface area contributed by atoms with Crippen molar-refractivity contribution in [2.45, 2.75) is 65.3 Å². The van der Waals surface area contributed by atoms with E-state index < -0.39 is 5.54 Å². The maximum Gasteiger partial charge on any atom is 0.227 e. The molecule has 0 bridgehead atoms. The summed E-state index contributed by atoms with van der Waals surface area (Å²) in [5, 5.41) is 17.2. The average Bonchev–Trinajstić information content (AvgIpc) is 3.15. The summed E-state index contributed by atoms with van der Waals surface area (Å²) in [6.45, 7) is 9.07. The minimum atomic E-state index is -0.555. The lowest BCUT2D eigenvalue weighted by Gasteiger charge is -2.47. The number of ether oxygens (including phenoxy) is 1. The molecule has 0 aliphatic heterocycles. The first-order valence-electron chi connectivity index (χ1n) is 10.7. The Bertz CT molecular complexity index is 846. The molecule has 1 amide bonds. The largest absolute Gasteiger partial charge is 0.494 e. The van der Waals surface area contributed by atoms with E-state index in [2.05, 4.69) is 36.2 Å². The number of benzene rings is 1. The van der Waals surface area contributed by atoms with Gasteiger partial charge in [0.05, 0.1) is 18.8 Å². The lowest BCUT2D eigenvalue weighted by molar-refractivity contribution is -0.125. The van der Waals surface area contributed by atoms with Crippen LogP contribution in [-0.4, -0.2) is 39.9 Å². The Morgan fingerprint density at radius 2 is 2.03 bits per heavy atom. The monoisotopic (exact) mass is 415 g/mol. The van der Waals surface area contributed by atoms with Gasteiger partial charge in [-0.15, -0.1) is 0 Å². The van der Waals surface area contributed by atoms with Crippen molar-refractivity contribution in [2.75, 3.05) is 13.2 Å². The second kappa shape index (κ2) is 9.16. The van der Waals surface area contributed by atoms with Gasteiger partial charge in [0, 0.05) is 18.4 Å². The maximum atomic E-state index is 12.6. The third-order valence-corrected chi connectivity index (χ3v) is 5.62. The fraction of sp³-hybridized carbons (Fsp3) is 0.609. The number of hydrogen-bond acceptors (Lipinski definition) is 6. The SMILES string of the molecule is CCOc1ccc(-c2noc(CCC(=O)N[C@]3(CO)C[C@@H](C)CC(C)(C)C3)n2)cc1. The predicted molar refractivity (Wildman–Crippen MR) is 114 cm³/mol. The molecule has 164 valence electrons. The molecule has 1 aromatic carbocycles. The molecule has 3 rings (SSSR count). The topological polar surface area (TPSA) is 97.5 Å². The fourth-order valence-corrected chi connectivity index (χ4v) is 4.92. The van der Waals surface area contributed by atoms with E-state index in [1.54, 1.807) is 0 Å². The standard InChI is InChI=1S/C23H33N3O4/c1-5-29-18-8-6-17(7-9-18)21-24-20(30-26-21)11-10-19(28)25-23(15-27)13-16(2)12-22(3,4)14-23/h6-9,16,27H,5,10-15H2,1-4H3,(H,25,28)/t16-,23+/m0/s1. The zero-order chi connectivity index (χ0) is 21.8. The van der Waals surface area contributed by atoms with Crippen LogP contribution in [0.5, 0.6) is 5.75 Å². The van der Waals surface area contributed by atoms with E-state index in [1.807, 2.05) is 31.2 Å². The fourth-order valence-electron chi connectivity index (χ4n) is 4.92. The first-order chi connectivity index (χ1) is 14.2. The van der Waals surface area contributed by atoms with Crippen LogP contribution in [-0.2, 0) is 11.2 Å². The van der Waals surface area contributed by atoms with E-state index in [4.69, 9.17) is 9.26 Å². The number of amides is 1. The van der Waals surface area contributed by atoms with Gasteiger partial charge in [-0.2, -0.15) is 4.98 Å². The summed E-state index contributed by atoms with van der Waals surface area (Å²) in [4.78, 5) is 17.0. The van der Waals surface area contributed by atoms with E-state index in [-0.39, 0.29) is 24.3 Å². The Morgan fingerprint density at radius 1 is 1.30 bits per heavy atom. The molecule has 1 fully saturated rings. The number of rotatable bonds is 8. The first-order valence-corrected chi connectivity index (χ1v) is 10.7. The molecule has 0 unspecified atom stereocenters. The summed E-state index contributed by atoms with van der Waals surface area (Å²) >= 11 is 0. The smallest absolute Gasteiger partial charge is 0.227 e. The van der Waals surface area contributed by atoms with E-state index >= 15 is 0 Å². The summed E-state index contributed by atoms with van der Waals surface area (Å²) in [5.41, 5.74) is 0.364. The molecule has 0 spiro atoms. The number of nitrogens with one attached hydrogen (secondary N) is 1. The lowest BCUT2D eigenvalue weighted by atomic mass is 9.64. The van der Waals surface area contributed by atoms with Crippen molar-refractivity contribution in [1.29, 1.82) is 0 Å². The number of aliphatic hydroxyl groups excluding tert-OH is 1. The highest BCUT2D eigenvalue weighted by Crippen LogP contribution is 2.43. The van der Waals surface area contributed by atoms with Gasteiger partial charge in [0.1, 0.15) is 5.75 Å². The van der Waals surface area contributed by atoms with Crippen molar-refractivity contribution in [3.8, 4) is 17.1 Å². The minimum absolute atomic E-state index is 0.0467. The molecule has 2 aromatic rings. The number of carbonyl (C=O) groups excluding carboxylic acids is 1. The van der Waals surface area contributed by atoms with Gasteiger partial charge in [0.15, 0.2) is 0 Å². The molecule has 7 heteroatoms. The highest BCUT2D eigenvalue weighted by atomic mass is 16.5. The molecule has 1 aliphatic carbocycles. The van der Waals surface area contributed by atoms with Gasteiger partial charge < -0.3 is 19.7 Å². The summed E-state index contributed by atoms with van der Waals surface area (Å²) in [6.07, 6.45) is 3.26. The Morgan fingerprint density at radius 3 is 2.67 bits per heavy atom. The van der Waals surface area contributed by atoms with E-state index in [0.717, 1.165) is 30.6 Å². The van der Waals surface area contributed by atoms with Crippen LogP contribution in [0.1, 0.15) is 59.3 Å². The normalized spacial score (nSPS) is 23.2. The van der Waals surface area contributed by atoms with Gasteiger partial charge in [-0.25, -0.2) is 0 Å². The molecular formula is C23H33N3O4. The zero-order valence-corrected chi connectivity index (χ0v) is 18.4.